The summed E-state index contributed by atoms with van der Waals surface area (Å²) in [7, 11) is 3.38. The Morgan fingerprint density at radius 1 is 1.07 bits per heavy atom. The predicted octanol–water partition coefficient (Wildman–Crippen LogP) is 4.35. The summed E-state index contributed by atoms with van der Waals surface area (Å²) in [4.78, 5) is 38.9. The van der Waals surface area contributed by atoms with Gasteiger partial charge in [0.15, 0.2) is 0 Å². The van der Waals surface area contributed by atoms with Crippen molar-refractivity contribution < 1.29 is 19.1 Å². The van der Waals surface area contributed by atoms with Gasteiger partial charge in [0, 0.05) is 58.5 Å². The molecule has 8 nitrogen and oxygen atoms in total. The number of thiazole rings is 1. The molecule has 1 fully saturated rings. The van der Waals surface area contributed by atoms with Crippen LogP contribution in [0, 0.1) is 13.8 Å². The van der Waals surface area contributed by atoms with Crippen molar-refractivity contribution in [2.75, 3.05) is 58.5 Å². The van der Waals surface area contributed by atoms with Crippen LogP contribution >= 0.6 is 11.3 Å². The Morgan fingerprint density at radius 3 is 2.41 bits per heavy atom. The van der Waals surface area contributed by atoms with Gasteiger partial charge in [-0.15, -0.1) is 11.3 Å². The molecule has 0 saturated carbocycles. The summed E-state index contributed by atoms with van der Waals surface area (Å²) in [6, 6.07) is 17.4. The van der Waals surface area contributed by atoms with Gasteiger partial charge in [-0.05, 0) is 43.2 Å². The van der Waals surface area contributed by atoms with Gasteiger partial charge in [-0.3, -0.25) is 9.59 Å². The fraction of sp³-hybridized carbons (Fsp3) is 0.406. The number of carbonyl (C=O) groups excluding carboxylic acids is 2. The van der Waals surface area contributed by atoms with Crippen molar-refractivity contribution in [1.82, 2.24) is 14.8 Å². The van der Waals surface area contributed by atoms with Crippen molar-refractivity contribution in [3.63, 3.8) is 0 Å². The minimum atomic E-state index is -0.695. The number of morpholine rings is 1. The van der Waals surface area contributed by atoms with Crippen LogP contribution in [0.25, 0.3) is 6.08 Å². The molecule has 0 N–H and O–H groups in total. The normalized spacial score (nSPS) is 14.3. The van der Waals surface area contributed by atoms with E-state index in [-0.39, 0.29) is 11.8 Å². The Balaban J connectivity index is 1.66. The van der Waals surface area contributed by atoms with E-state index in [2.05, 4.69) is 22.0 Å². The molecule has 1 atom stereocenters. The number of aromatic nitrogens is 1. The Labute approximate surface area is 247 Å². The van der Waals surface area contributed by atoms with Crippen LogP contribution in [-0.2, 0) is 32.0 Å². The molecular weight excluding hydrogens is 536 g/mol. The molecule has 1 aromatic heterocycles. The van der Waals surface area contributed by atoms with Crippen molar-refractivity contribution in [3.05, 3.63) is 87.4 Å². The molecule has 0 bridgehead atoms. The molecule has 2 aromatic carbocycles. The van der Waals surface area contributed by atoms with E-state index in [9.17, 15) is 9.59 Å². The molecule has 3 aromatic rings. The number of benzene rings is 2. The van der Waals surface area contributed by atoms with Crippen LogP contribution in [0.5, 0.6) is 0 Å². The highest BCUT2D eigenvalue weighted by Gasteiger charge is 2.31. The van der Waals surface area contributed by atoms with Crippen LogP contribution in [0.4, 0.5) is 5.69 Å². The third kappa shape index (κ3) is 8.48. The second-order valence-corrected chi connectivity index (χ2v) is 11.4. The number of likely N-dealkylation sites (N-methyl/N-ethyl adjacent to an activating group) is 1. The van der Waals surface area contributed by atoms with Crippen LogP contribution in [-0.4, -0.2) is 86.3 Å². The number of amides is 2. The number of nitrogens with zero attached hydrogens (tertiary/aromatic N) is 4. The quantitative estimate of drug-likeness (QED) is 0.299. The van der Waals surface area contributed by atoms with E-state index >= 15 is 0 Å². The van der Waals surface area contributed by atoms with Crippen LogP contribution < -0.4 is 4.90 Å². The van der Waals surface area contributed by atoms with E-state index < -0.39 is 6.04 Å². The second-order valence-electron chi connectivity index (χ2n) is 10.2. The third-order valence-corrected chi connectivity index (χ3v) is 8.24. The van der Waals surface area contributed by atoms with Crippen molar-refractivity contribution in [3.8, 4) is 0 Å². The number of aryl methyl sites for hydroxylation is 2. The molecule has 1 aliphatic rings. The van der Waals surface area contributed by atoms with Gasteiger partial charge < -0.3 is 24.2 Å². The Morgan fingerprint density at radius 2 is 1.78 bits per heavy atom. The van der Waals surface area contributed by atoms with E-state index in [1.165, 1.54) is 0 Å². The molecule has 0 unspecified atom stereocenters. The Bertz CT molecular complexity index is 1300. The smallest absolute Gasteiger partial charge is 0.247 e. The lowest BCUT2D eigenvalue weighted by atomic mass is 10.0. The molecule has 0 aliphatic carbocycles. The van der Waals surface area contributed by atoms with Crippen LogP contribution in [0.3, 0.4) is 0 Å². The lowest BCUT2D eigenvalue weighted by Gasteiger charge is -2.33. The highest BCUT2D eigenvalue weighted by molar-refractivity contribution is 7.12. The molecule has 2 heterocycles. The van der Waals surface area contributed by atoms with E-state index in [1.807, 2.05) is 62.4 Å². The van der Waals surface area contributed by atoms with E-state index in [0.29, 0.717) is 26.1 Å². The predicted molar refractivity (Wildman–Crippen MR) is 164 cm³/mol. The van der Waals surface area contributed by atoms with E-state index in [0.717, 1.165) is 58.7 Å². The van der Waals surface area contributed by atoms with Gasteiger partial charge in [-0.25, -0.2) is 4.98 Å². The molecule has 2 amide bonds. The highest BCUT2D eigenvalue weighted by Crippen LogP contribution is 2.22. The maximum Gasteiger partial charge on any atom is 0.247 e. The van der Waals surface area contributed by atoms with Gasteiger partial charge in [0.1, 0.15) is 6.04 Å². The molecule has 1 saturated heterocycles. The zero-order chi connectivity index (χ0) is 29.2. The van der Waals surface area contributed by atoms with Gasteiger partial charge >= 0.3 is 0 Å². The topological polar surface area (TPSA) is 75.2 Å². The van der Waals surface area contributed by atoms with Crippen molar-refractivity contribution >= 4 is 34.9 Å². The summed E-state index contributed by atoms with van der Waals surface area (Å²) < 4.78 is 10.7. The van der Waals surface area contributed by atoms with Crippen LogP contribution in [0.1, 0.15) is 26.7 Å². The number of carbonyl (C=O) groups is 2. The van der Waals surface area contributed by atoms with Crippen LogP contribution in [0.15, 0.2) is 60.7 Å². The summed E-state index contributed by atoms with van der Waals surface area (Å²) in [5, 5.41) is 0.948. The van der Waals surface area contributed by atoms with Crippen molar-refractivity contribution in [2.45, 2.75) is 32.9 Å². The minimum absolute atomic E-state index is 0.123. The number of hydrogen-bond acceptors (Lipinski definition) is 7. The summed E-state index contributed by atoms with van der Waals surface area (Å²) in [5.74, 6) is -0.343. The number of ether oxygens (including phenoxy) is 2. The van der Waals surface area contributed by atoms with Crippen molar-refractivity contribution in [1.29, 1.82) is 0 Å². The largest absolute Gasteiger partial charge is 0.383 e. The second kappa shape index (κ2) is 14.9. The highest BCUT2D eigenvalue weighted by atomic mass is 32.1. The van der Waals surface area contributed by atoms with Gasteiger partial charge in [0.05, 0.1) is 35.4 Å². The van der Waals surface area contributed by atoms with Gasteiger partial charge in [0.25, 0.3) is 0 Å². The van der Waals surface area contributed by atoms with Gasteiger partial charge in [0.2, 0.25) is 11.8 Å². The zero-order valence-corrected chi connectivity index (χ0v) is 25.2. The van der Waals surface area contributed by atoms with Crippen LogP contribution in [0.2, 0.25) is 0 Å². The monoisotopic (exact) mass is 576 g/mol. The first-order valence-corrected chi connectivity index (χ1v) is 14.8. The maximum atomic E-state index is 13.9. The average Bonchev–Trinajstić information content (AvgIpc) is 3.33. The lowest BCUT2D eigenvalue weighted by molar-refractivity contribution is -0.143. The number of hydrogen-bond donors (Lipinski definition) is 0. The Kier molecular flexibility index (Phi) is 11.1. The van der Waals surface area contributed by atoms with Gasteiger partial charge in [-0.1, -0.05) is 42.5 Å². The summed E-state index contributed by atoms with van der Waals surface area (Å²) in [6.07, 6.45) is 3.79. The number of methoxy groups -OCH3 is 1. The standard InChI is InChI=1S/C32H40N4O4S/c1-24-30(41-25(2)33-24)14-15-31(37)36(23-27-10-12-28(13-11-27)35-17-20-40-21-18-35)29(22-26-8-6-5-7-9-26)32(38)34(3)16-19-39-4/h5-15,29H,16-23H2,1-4H3/t29-/m0/s1. The zero-order valence-electron chi connectivity index (χ0n) is 24.4. The first kappa shape index (κ1) is 30.4. The molecule has 41 heavy (non-hydrogen) atoms. The molecule has 218 valence electrons. The first-order chi connectivity index (χ1) is 19.9. The van der Waals surface area contributed by atoms with Crippen molar-refractivity contribution in [2.24, 2.45) is 0 Å². The molecule has 9 heteroatoms. The van der Waals surface area contributed by atoms with E-state index in [1.54, 1.807) is 41.4 Å². The molecular formula is C32H40N4O4S. The minimum Gasteiger partial charge on any atom is -0.383 e. The Hall–Kier alpha value is -3.53. The molecule has 0 radical (unpaired) electrons. The fourth-order valence-electron chi connectivity index (χ4n) is 4.88. The lowest BCUT2D eigenvalue weighted by Crippen LogP contribution is -2.51. The summed E-state index contributed by atoms with van der Waals surface area (Å²) >= 11 is 1.55. The average molecular weight is 577 g/mol. The summed E-state index contributed by atoms with van der Waals surface area (Å²) in [6.45, 7) is 8.19. The SMILES string of the molecule is COCCN(C)C(=O)[C@H](Cc1ccccc1)N(Cc1ccc(N2CCOCC2)cc1)C(=O)C=Cc1sc(C)nc1C. The third-order valence-electron chi connectivity index (χ3n) is 7.21. The number of anilines is 1. The van der Waals surface area contributed by atoms with E-state index in [4.69, 9.17) is 9.47 Å². The molecule has 1 aliphatic heterocycles. The summed E-state index contributed by atoms with van der Waals surface area (Å²) in [5.41, 5.74) is 3.96. The number of rotatable bonds is 12. The first-order valence-electron chi connectivity index (χ1n) is 14.0. The molecule has 0 spiro atoms. The fourth-order valence-corrected chi connectivity index (χ4v) is 5.71. The maximum absolute atomic E-state index is 13.9. The van der Waals surface area contributed by atoms with Gasteiger partial charge in [-0.2, -0.15) is 0 Å². The molecule has 4 rings (SSSR count).